The molecule has 134 valence electrons. The van der Waals surface area contributed by atoms with Crippen LogP contribution in [0.4, 0.5) is 4.39 Å². The van der Waals surface area contributed by atoms with E-state index in [1.165, 1.54) is 17.7 Å². The fourth-order valence-corrected chi connectivity index (χ4v) is 7.82. The summed E-state index contributed by atoms with van der Waals surface area (Å²) in [7, 11) is -4.86. The van der Waals surface area contributed by atoms with Gasteiger partial charge in [0.05, 0.1) is 19.9 Å². The molecule has 25 heavy (non-hydrogen) atoms. The molecule has 1 heterocycles. The van der Waals surface area contributed by atoms with Gasteiger partial charge in [0.1, 0.15) is 5.82 Å². The molecular formula is C19H23FO3SSi. The van der Waals surface area contributed by atoms with Gasteiger partial charge in [0.15, 0.2) is 0 Å². The molecule has 2 aromatic rings. The lowest BCUT2D eigenvalue weighted by atomic mass is 9.93. The third-order valence-electron chi connectivity index (χ3n) is 4.96. The Morgan fingerprint density at radius 2 is 1.64 bits per heavy atom. The van der Waals surface area contributed by atoms with Crippen LogP contribution in [0.5, 0.6) is 0 Å². The fraction of sp³-hybridized carbons (Fsp3) is 0.368. The van der Waals surface area contributed by atoms with E-state index in [9.17, 15) is 12.8 Å². The van der Waals surface area contributed by atoms with E-state index in [2.05, 4.69) is 0 Å². The quantitative estimate of drug-likeness (QED) is 0.579. The highest BCUT2D eigenvalue weighted by Crippen LogP contribution is 2.33. The second-order valence-electron chi connectivity index (χ2n) is 6.82. The first-order valence-electron chi connectivity index (χ1n) is 8.65. The van der Waals surface area contributed by atoms with E-state index in [-0.39, 0.29) is 10.7 Å². The van der Waals surface area contributed by atoms with E-state index in [0.717, 1.165) is 30.5 Å². The lowest BCUT2D eigenvalue weighted by Crippen LogP contribution is -2.27. The summed E-state index contributed by atoms with van der Waals surface area (Å²) in [4.78, 5) is 0.229. The largest absolute Gasteiger partial charge is 0.296 e. The van der Waals surface area contributed by atoms with Crippen molar-refractivity contribution in [2.75, 3.05) is 6.23 Å². The minimum absolute atomic E-state index is 0.207. The zero-order valence-electron chi connectivity index (χ0n) is 14.3. The van der Waals surface area contributed by atoms with E-state index in [0.29, 0.717) is 12.1 Å². The Balaban J connectivity index is 1.52. The van der Waals surface area contributed by atoms with Crippen molar-refractivity contribution < 1.29 is 17.0 Å². The van der Waals surface area contributed by atoms with Gasteiger partial charge in [-0.1, -0.05) is 41.9 Å². The second-order valence-corrected chi connectivity index (χ2v) is 11.7. The zero-order chi connectivity index (χ0) is 17.9. The van der Waals surface area contributed by atoms with Crippen LogP contribution in [0, 0.1) is 12.7 Å². The van der Waals surface area contributed by atoms with Crippen molar-refractivity contribution in [3.8, 4) is 0 Å². The zero-order valence-corrected chi connectivity index (χ0v) is 16.3. The van der Waals surface area contributed by atoms with E-state index in [4.69, 9.17) is 4.18 Å². The van der Waals surface area contributed by atoms with E-state index in [1.54, 1.807) is 24.3 Å². The summed E-state index contributed by atoms with van der Waals surface area (Å²) in [5, 5.41) is 0. The summed E-state index contributed by atoms with van der Waals surface area (Å²) in [6, 6.07) is 15.6. The van der Waals surface area contributed by atoms with Crippen molar-refractivity contribution in [2.45, 2.75) is 42.7 Å². The summed E-state index contributed by atoms with van der Waals surface area (Å²) in [5.41, 5.74) is 2.20. The van der Waals surface area contributed by atoms with Crippen molar-refractivity contribution in [2.24, 2.45) is 0 Å². The summed E-state index contributed by atoms with van der Waals surface area (Å²) in [5.74, 6) is 0.250. The Bertz CT molecular complexity index is 796. The Morgan fingerprint density at radius 3 is 2.24 bits per heavy atom. The third kappa shape index (κ3) is 4.77. The molecule has 0 bridgehead atoms. The van der Waals surface area contributed by atoms with Crippen LogP contribution in [-0.2, 0) is 14.3 Å². The van der Waals surface area contributed by atoms with Gasteiger partial charge >= 0.3 is 0 Å². The van der Waals surface area contributed by atoms with Gasteiger partial charge in [0, 0.05) is 0 Å². The van der Waals surface area contributed by atoms with E-state index >= 15 is 0 Å². The van der Waals surface area contributed by atoms with Gasteiger partial charge in [0.25, 0.3) is 10.1 Å². The third-order valence-corrected chi connectivity index (χ3v) is 9.43. The molecule has 0 amide bonds. The molecule has 2 aromatic carbocycles. The SMILES string of the molecule is Cc1ccc(S(=O)(=O)OC[SiH]2CCC(c3ccc(F)cc3)CC2)cc1. The Kier molecular flexibility index (Phi) is 5.71. The standard InChI is InChI=1S/C19H23FO3SSi/c1-15-2-8-19(9-3-15)24(21,22)23-14-25-12-10-17(11-13-25)16-4-6-18(20)7-5-16/h2-9,17,25H,10-14H2,1H3. The van der Waals surface area contributed by atoms with Gasteiger partial charge in [0.2, 0.25) is 0 Å². The molecule has 0 aliphatic carbocycles. The molecule has 0 saturated carbocycles. The first-order valence-corrected chi connectivity index (χ1v) is 12.5. The van der Waals surface area contributed by atoms with Crippen molar-refractivity contribution in [3.05, 3.63) is 65.5 Å². The molecule has 0 aromatic heterocycles. The topological polar surface area (TPSA) is 43.4 Å². The molecule has 0 spiro atoms. The average Bonchev–Trinajstić information content (AvgIpc) is 2.62. The van der Waals surface area contributed by atoms with Crippen LogP contribution in [0.1, 0.15) is 29.9 Å². The van der Waals surface area contributed by atoms with E-state index < -0.39 is 18.9 Å². The van der Waals surface area contributed by atoms with Crippen molar-refractivity contribution in [1.82, 2.24) is 0 Å². The summed E-state index contributed by atoms with van der Waals surface area (Å²) < 4.78 is 42.9. The predicted octanol–water partition coefficient (Wildman–Crippen LogP) is 4.18. The number of hydrogen-bond acceptors (Lipinski definition) is 3. The molecule has 0 N–H and O–H groups in total. The monoisotopic (exact) mass is 378 g/mol. The molecule has 1 saturated heterocycles. The van der Waals surface area contributed by atoms with Crippen LogP contribution < -0.4 is 0 Å². The normalized spacial score (nSPS) is 21.2. The number of halogens is 1. The Hall–Kier alpha value is -1.50. The van der Waals surface area contributed by atoms with Crippen molar-refractivity contribution in [3.63, 3.8) is 0 Å². The molecular weight excluding hydrogens is 355 g/mol. The van der Waals surface area contributed by atoms with Crippen LogP contribution in [0.15, 0.2) is 53.4 Å². The molecule has 3 rings (SSSR count). The maximum atomic E-state index is 13.0. The van der Waals surface area contributed by atoms with Crippen LogP contribution in [0.25, 0.3) is 0 Å². The van der Waals surface area contributed by atoms with E-state index in [1.807, 2.05) is 19.1 Å². The Labute approximate surface area is 150 Å². The van der Waals surface area contributed by atoms with Crippen LogP contribution in [0.3, 0.4) is 0 Å². The van der Waals surface area contributed by atoms with Gasteiger partial charge in [-0.05, 0) is 55.5 Å². The van der Waals surface area contributed by atoms with Crippen LogP contribution in [-0.4, -0.2) is 23.4 Å². The van der Waals surface area contributed by atoms with Crippen molar-refractivity contribution >= 4 is 18.9 Å². The minimum atomic E-state index is -3.65. The summed E-state index contributed by atoms with van der Waals surface area (Å²) in [6.45, 7) is 1.92. The van der Waals surface area contributed by atoms with Crippen molar-refractivity contribution in [1.29, 1.82) is 0 Å². The highest BCUT2D eigenvalue weighted by Gasteiger charge is 2.26. The minimum Gasteiger partial charge on any atom is -0.270 e. The van der Waals surface area contributed by atoms with Crippen LogP contribution in [0.2, 0.25) is 12.1 Å². The predicted molar refractivity (Wildman–Crippen MR) is 99.5 cm³/mol. The number of aryl methyl sites for hydroxylation is 1. The molecule has 0 atom stereocenters. The number of rotatable bonds is 5. The summed E-state index contributed by atoms with van der Waals surface area (Å²) in [6.07, 6.45) is 2.44. The molecule has 1 fully saturated rings. The van der Waals surface area contributed by atoms with Gasteiger partial charge in [-0.15, -0.1) is 0 Å². The van der Waals surface area contributed by atoms with Gasteiger partial charge in [-0.2, -0.15) is 8.42 Å². The maximum absolute atomic E-state index is 13.0. The molecule has 3 nitrogen and oxygen atoms in total. The Morgan fingerprint density at radius 1 is 1.04 bits per heavy atom. The summed E-state index contributed by atoms with van der Waals surface area (Å²) >= 11 is 0. The lowest BCUT2D eigenvalue weighted by molar-refractivity contribution is 0.368. The molecule has 0 unspecified atom stereocenters. The number of benzene rings is 2. The highest BCUT2D eigenvalue weighted by atomic mass is 32.2. The molecule has 6 heteroatoms. The highest BCUT2D eigenvalue weighted by molar-refractivity contribution is 7.86. The smallest absolute Gasteiger partial charge is 0.270 e. The van der Waals surface area contributed by atoms with Gasteiger partial charge in [-0.3, -0.25) is 4.18 Å². The number of hydrogen-bond donors (Lipinski definition) is 0. The van der Waals surface area contributed by atoms with Crippen LogP contribution >= 0.6 is 0 Å². The lowest BCUT2D eigenvalue weighted by Gasteiger charge is -2.27. The molecule has 1 aliphatic rings. The molecule has 0 radical (unpaired) electrons. The van der Waals surface area contributed by atoms with Gasteiger partial charge < -0.3 is 0 Å². The fourth-order valence-electron chi connectivity index (χ4n) is 3.36. The average molecular weight is 379 g/mol. The maximum Gasteiger partial charge on any atom is 0.296 e. The first kappa shape index (κ1) is 18.3. The second kappa shape index (κ2) is 7.80. The first-order chi connectivity index (χ1) is 11.9. The molecule has 1 aliphatic heterocycles. The van der Waals surface area contributed by atoms with Gasteiger partial charge in [-0.25, -0.2) is 4.39 Å².